The average molecular weight is 344 g/mol. The van der Waals surface area contributed by atoms with Crippen LogP contribution in [0, 0.1) is 0 Å². The first kappa shape index (κ1) is 16.5. The molecular weight excluding hydrogens is 328 g/mol. The van der Waals surface area contributed by atoms with Gasteiger partial charge in [0, 0.05) is 11.6 Å². The summed E-state index contributed by atoms with van der Waals surface area (Å²) in [6.45, 7) is 0. The third-order valence-corrected chi connectivity index (χ3v) is 3.87. The lowest BCUT2D eigenvalue weighted by Gasteiger charge is -2.13. The Balaban J connectivity index is 2.40. The van der Waals surface area contributed by atoms with Gasteiger partial charge < -0.3 is 28.8 Å². The van der Waals surface area contributed by atoms with Crippen LogP contribution in [0.2, 0.25) is 0 Å². The number of benzene rings is 2. The first-order valence-corrected chi connectivity index (χ1v) is 7.29. The monoisotopic (exact) mass is 344 g/mol. The molecule has 0 saturated carbocycles. The topological polar surface area (TPSA) is 98.4 Å². The molecule has 0 aliphatic heterocycles. The van der Waals surface area contributed by atoms with Gasteiger partial charge in [0.15, 0.2) is 23.0 Å². The van der Waals surface area contributed by atoms with Crippen LogP contribution in [0.1, 0.15) is 0 Å². The highest BCUT2D eigenvalue weighted by Crippen LogP contribution is 2.43. The van der Waals surface area contributed by atoms with Gasteiger partial charge in [-0.25, -0.2) is 0 Å². The minimum Gasteiger partial charge on any atom is -0.504 e. The normalized spacial score (nSPS) is 10.7. The van der Waals surface area contributed by atoms with Crippen molar-refractivity contribution in [3.63, 3.8) is 0 Å². The summed E-state index contributed by atoms with van der Waals surface area (Å²) < 4.78 is 21.0. The van der Waals surface area contributed by atoms with Crippen LogP contribution >= 0.6 is 0 Å². The summed E-state index contributed by atoms with van der Waals surface area (Å²) in [6, 6.07) is 6.05. The van der Waals surface area contributed by atoms with Crippen LogP contribution in [0.25, 0.3) is 22.1 Å². The maximum atomic E-state index is 13.0. The number of phenols is 2. The van der Waals surface area contributed by atoms with Crippen LogP contribution in [-0.4, -0.2) is 31.5 Å². The number of aromatic hydroxyl groups is 2. The molecule has 1 aromatic heterocycles. The van der Waals surface area contributed by atoms with Crippen LogP contribution in [0.15, 0.2) is 39.7 Å². The molecule has 0 saturated heterocycles. The molecule has 3 aromatic rings. The fourth-order valence-corrected chi connectivity index (χ4v) is 2.71. The summed E-state index contributed by atoms with van der Waals surface area (Å²) in [5.74, 6) is -0.195. The number of fused-ring (bicyclic) bond motifs is 1. The van der Waals surface area contributed by atoms with Gasteiger partial charge in [-0.2, -0.15) is 0 Å². The molecule has 1 heterocycles. The number of phenolic OH excluding ortho intramolecular Hbond substituents is 2. The van der Waals surface area contributed by atoms with E-state index in [0.717, 1.165) is 0 Å². The minimum atomic E-state index is -0.444. The van der Waals surface area contributed by atoms with Crippen LogP contribution in [-0.2, 0) is 0 Å². The van der Waals surface area contributed by atoms with E-state index in [2.05, 4.69) is 0 Å². The number of methoxy groups -OCH3 is 3. The molecular formula is C18H16O7. The molecule has 7 nitrogen and oxygen atoms in total. The Bertz CT molecular complexity index is 1000. The Kier molecular flexibility index (Phi) is 4.14. The van der Waals surface area contributed by atoms with E-state index < -0.39 is 5.43 Å². The Morgan fingerprint density at radius 1 is 0.960 bits per heavy atom. The van der Waals surface area contributed by atoms with E-state index in [4.69, 9.17) is 18.6 Å². The number of hydrogen-bond donors (Lipinski definition) is 2. The smallest absolute Gasteiger partial charge is 0.204 e. The molecule has 3 rings (SSSR count). The first-order valence-electron chi connectivity index (χ1n) is 7.29. The second kappa shape index (κ2) is 6.27. The van der Waals surface area contributed by atoms with Crippen molar-refractivity contribution in [2.24, 2.45) is 0 Å². The van der Waals surface area contributed by atoms with E-state index in [9.17, 15) is 15.0 Å². The van der Waals surface area contributed by atoms with Crippen molar-refractivity contribution in [1.29, 1.82) is 0 Å². The molecule has 0 amide bonds. The SMILES string of the molecule is COc1cc2occ(-c3cccc(O)c3OC)c(=O)c2c(OC)c1O. The molecule has 0 bridgehead atoms. The summed E-state index contributed by atoms with van der Waals surface area (Å²) in [4.78, 5) is 13.0. The average Bonchev–Trinajstić information content (AvgIpc) is 2.61. The molecule has 2 N–H and O–H groups in total. The van der Waals surface area contributed by atoms with Crippen molar-refractivity contribution in [2.45, 2.75) is 0 Å². The number of ether oxygens (including phenoxy) is 3. The fourth-order valence-electron chi connectivity index (χ4n) is 2.71. The van der Waals surface area contributed by atoms with Crippen LogP contribution in [0.5, 0.6) is 28.7 Å². The summed E-state index contributed by atoms with van der Waals surface area (Å²) in [7, 11) is 4.10. The highest BCUT2D eigenvalue weighted by molar-refractivity contribution is 5.92. The Morgan fingerprint density at radius 2 is 1.68 bits per heavy atom. The third-order valence-electron chi connectivity index (χ3n) is 3.87. The Morgan fingerprint density at radius 3 is 2.32 bits per heavy atom. The van der Waals surface area contributed by atoms with Crippen molar-refractivity contribution >= 4 is 11.0 Å². The molecule has 0 fully saturated rings. The van der Waals surface area contributed by atoms with E-state index >= 15 is 0 Å². The molecule has 0 atom stereocenters. The zero-order chi connectivity index (χ0) is 18.1. The van der Waals surface area contributed by atoms with Gasteiger partial charge in [-0.05, 0) is 6.07 Å². The summed E-state index contributed by atoms with van der Waals surface area (Å²) >= 11 is 0. The van der Waals surface area contributed by atoms with Gasteiger partial charge in [-0.15, -0.1) is 0 Å². The van der Waals surface area contributed by atoms with Gasteiger partial charge in [0.25, 0.3) is 0 Å². The van der Waals surface area contributed by atoms with Gasteiger partial charge in [0.1, 0.15) is 17.2 Å². The van der Waals surface area contributed by atoms with Crippen LogP contribution in [0.3, 0.4) is 0 Å². The van der Waals surface area contributed by atoms with E-state index in [1.165, 1.54) is 39.7 Å². The molecule has 0 aliphatic rings. The molecule has 0 spiro atoms. The Labute approximate surface area is 142 Å². The van der Waals surface area contributed by atoms with Crippen LogP contribution in [0.4, 0.5) is 0 Å². The van der Waals surface area contributed by atoms with Crippen molar-refractivity contribution in [3.05, 3.63) is 40.8 Å². The lowest BCUT2D eigenvalue weighted by atomic mass is 10.0. The standard InChI is InChI=1S/C18H16O7/c1-22-13-7-12-14(18(24-3)16(13)21)15(20)10(8-25-12)9-5-4-6-11(19)17(9)23-2/h4-8,19,21H,1-3H3. The third kappa shape index (κ3) is 2.50. The van der Waals surface area contributed by atoms with Gasteiger partial charge in [-0.1, -0.05) is 12.1 Å². The lowest BCUT2D eigenvalue weighted by molar-refractivity contribution is 0.342. The molecule has 2 aromatic carbocycles. The molecule has 0 aliphatic carbocycles. The molecule has 0 radical (unpaired) electrons. The zero-order valence-corrected chi connectivity index (χ0v) is 13.8. The molecule has 130 valence electrons. The predicted molar refractivity (Wildman–Crippen MR) is 90.9 cm³/mol. The number of rotatable bonds is 4. The maximum absolute atomic E-state index is 13.0. The fraction of sp³-hybridized carbons (Fsp3) is 0.167. The molecule has 7 heteroatoms. The van der Waals surface area contributed by atoms with Gasteiger partial charge in [0.05, 0.1) is 26.9 Å². The van der Waals surface area contributed by atoms with Crippen molar-refractivity contribution in [1.82, 2.24) is 0 Å². The predicted octanol–water partition coefficient (Wildman–Crippen LogP) is 2.90. The second-order valence-electron chi connectivity index (χ2n) is 5.17. The lowest BCUT2D eigenvalue weighted by Crippen LogP contribution is -2.07. The van der Waals surface area contributed by atoms with E-state index in [0.29, 0.717) is 5.56 Å². The largest absolute Gasteiger partial charge is 0.504 e. The molecule has 25 heavy (non-hydrogen) atoms. The summed E-state index contributed by atoms with van der Waals surface area (Å²) in [5, 5.41) is 20.2. The van der Waals surface area contributed by atoms with Crippen LogP contribution < -0.4 is 19.6 Å². The van der Waals surface area contributed by atoms with Gasteiger partial charge >= 0.3 is 0 Å². The van der Waals surface area contributed by atoms with E-state index in [-0.39, 0.29) is 45.3 Å². The van der Waals surface area contributed by atoms with Crippen molar-refractivity contribution < 1.29 is 28.8 Å². The maximum Gasteiger partial charge on any atom is 0.204 e. The summed E-state index contributed by atoms with van der Waals surface area (Å²) in [5.41, 5.74) is 0.262. The number of para-hydroxylation sites is 1. The van der Waals surface area contributed by atoms with Gasteiger partial charge in [-0.3, -0.25) is 4.79 Å². The first-order chi connectivity index (χ1) is 12.0. The molecule has 0 unspecified atom stereocenters. The zero-order valence-electron chi connectivity index (χ0n) is 13.8. The van der Waals surface area contributed by atoms with Gasteiger partial charge in [0.2, 0.25) is 11.2 Å². The number of hydrogen-bond acceptors (Lipinski definition) is 7. The minimum absolute atomic E-state index is 0.0518. The van der Waals surface area contributed by atoms with Crippen molar-refractivity contribution in [3.8, 4) is 39.9 Å². The van der Waals surface area contributed by atoms with E-state index in [1.807, 2.05) is 0 Å². The van der Waals surface area contributed by atoms with Crippen molar-refractivity contribution in [2.75, 3.05) is 21.3 Å². The highest BCUT2D eigenvalue weighted by Gasteiger charge is 2.22. The van der Waals surface area contributed by atoms with E-state index in [1.54, 1.807) is 12.1 Å². The Hall–Kier alpha value is -3.35. The highest BCUT2D eigenvalue weighted by atomic mass is 16.5. The quantitative estimate of drug-likeness (QED) is 0.751. The second-order valence-corrected chi connectivity index (χ2v) is 5.17. The summed E-state index contributed by atoms with van der Waals surface area (Å²) in [6.07, 6.45) is 1.26.